The van der Waals surface area contributed by atoms with Crippen molar-refractivity contribution in [2.24, 2.45) is 5.92 Å². The predicted molar refractivity (Wildman–Crippen MR) is 72.4 cm³/mol. The standard InChI is InChI=1S/C14H24N4/c1-10-3-4-18(11(2)5-10)8-12-6-13-14(7-15-12)17-9-16-13/h9-12,15H,3-8H2,1-2H3,(H,16,17). The van der Waals surface area contributed by atoms with Gasteiger partial charge in [-0.15, -0.1) is 0 Å². The zero-order valence-electron chi connectivity index (χ0n) is 11.4. The van der Waals surface area contributed by atoms with Crippen molar-refractivity contribution in [1.82, 2.24) is 20.2 Å². The quantitative estimate of drug-likeness (QED) is 0.834. The van der Waals surface area contributed by atoms with Gasteiger partial charge in [0.2, 0.25) is 0 Å². The Morgan fingerprint density at radius 3 is 3.17 bits per heavy atom. The molecule has 2 N–H and O–H groups in total. The maximum absolute atomic E-state index is 4.42. The van der Waals surface area contributed by atoms with Crippen LogP contribution in [0.5, 0.6) is 0 Å². The van der Waals surface area contributed by atoms with Gasteiger partial charge in [-0.25, -0.2) is 4.98 Å². The van der Waals surface area contributed by atoms with Gasteiger partial charge in [-0.3, -0.25) is 4.90 Å². The molecule has 0 amide bonds. The lowest BCUT2D eigenvalue weighted by atomic mass is 9.92. The van der Waals surface area contributed by atoms with Crippen molar-refractivity contribution in [3.8, 4) is 0 Å². The second kappa shape index (κ2) is 5.02. The number of aromatic amines is 1. The highest BCUT2D eigenvalue weighted by Gasteiger charge is 2.27. The Labute approximate surface area is 109 Å². The Balaban J connectivity index is 1.58. The summed E-state index contributed by atoms with van der Waals surface area (Å²) in [5, 5.41) is 3.63. The van der Waals surface area contributed by atoms with Crippen LogP contribution in [0.25, 0.3) is 0 Å². The lowest BCUT2D eigenvalue weighted by molar-refractivity contribution is 0.114. The van der Waals surface area contributed by atoms with E-state index in [9.17, 15) is 0 Å². The molecule has 3 heterocycles. The third-order valence-corrected chi connectivity index (χ3v) is 4.55. The van der Waals surface area contributed by atoms with E-state index in [1.165, 1.54) is 37.3 Å². The van der Waals surface area contributed by atoms with Crippen LogP contribution in [-0.4, -0.2) is 40.0 Å². The second-order valence-corrected chi connectivity index (χ2v) is 6.08. The number of nitrogens with one attached hydrogen (secondary N) is 2. The van der Waals surface area contributed by atoms with E-state index in [0.717, 1.165) is 24.9 Å². The van der Waals surface area contributed by atoms with Gasteiger partial charge in [-0.1, -0.05) is 6.92 Å². The molecule has 2 aliphatic heterocycles. The molecule has 4 nitrogen and oxygen atoms in total. The van der Waals surface area contributed by atoms with E-state index < -0.39 is 0 Å². The molecule has 2 aliphatic rings. The third kappa shape index (κ3) is 2.45. The van der Waals surface area contributed by atoms with Gasteiger partial charge in [-0.2, -0.15) is 0 Å². The number of hydrogen-bond donors (Lipinski definition) is 2. The molecule has 1 aromatic heterocycles. The molecule has 1 fully saturated rings. The highest BCUT2D eigenvalue weighted by atomic mass is 15.2. The van der Waals surface area contributed by atoms with E-state index in [1.54, 1.807) is 0 Å². The van der Waals surface area contributed by atoms with Crippen LogP contribution in [0.1, 0.15) is 38.1 Å². The van der Waals surface area contributed by atoms with Gasteiger partial charge in [0.15, 0.2) is 0 Å². The number of hydrogen-bond acceptors (Lipinski definition) is 3. The van der Waals surface area contributed by atoms with Crippen molar-refractivity contribution < 1.29 is 0 Å². The largest absolute Gasteiger partial charge is 0.347 e. The highest BCUT2D eigenvalue weighted by molar-refractivity contribution is 5.16. The van der Waals surface area contributed by atoms with E-state index in [-0.39, 0.29) is 0 Å². The summed E-state index contributed by atoms with van der Waals surface area (Å²) < 4.78 is 0. The predicted octanol–water partition coefficient (Wildman–Crippen LogP) is 1.54. The molecule has 0 saturated carbocycles. The Bertz CT molecular complexity index is 400. The number of imidazole rings is 1. The number of likely N-dealkylation sites (tertiary alicyclic amines) is 1. The van der Waals surface area contributed by atoms with Crippen LogP contribution in [0.3, 0.4) is 0 Å². The highest BCUT2D eigenvalue weighted by Crippen LogP contribution is 2.23. The molecule has 3 rings (SSSR count). The zero-order valence-corrected chi connectivity index (χ0v) is 11.4. The number of fused-ring (bicyclic) bond motifs is 1. The van der Waals surface area contributed by atoms with E-state index in [4.69, 9.17) is 0 Å². The van der Waals surface area contributed by atoms with Crippen molar-refractivity contribution >= 4 is 0 Å². The second-order valence-electron chi connectivity index (χ2n) is 6.08. The molecule has 18 heavy (non-hydrogen) atoms. The normalized spacial score (nSPS) is 33.3. The van der Waals surface area contributed by atoms with Gasteiger partial charge in [0, 0.05) is 31.6 Å². The molecule has 100 valence electrons. The average molecular weight is 248 g/mol. The summed E-state index contributed by atoms with van der Waals surface area (Å²) in [5.74, 6) is 0.897. The summed E-state index contributed by atoms with van der Waals surface area (Å²) in [6, 6.07) is 1.30. The molecule has 0 spiro atoms. The van der Waals surface area contributed by atoms with E-state index in [2.05, 4.69) is 34.0 Å². The first-order chi connectivity index (χ1) is 8.72. The molecule has 3 atom stereocenters. The molecular formula is C14H24N4. The first kappa shape index (κ1) is 12.2. The molecule has 0 aromatic carbocycles. The fraction of sp³-hybridized carbons (Fsp3) is 0.786. The smallest absolute Gasteiger partial charge is 0.0925 e. The maximum Gasteiger partial charge on any atom is 0.0925 e. The zero-order chi connectivity index (χ0) is 12.5. The summed E-state index contributed by atoms with van der Waals surface area (Å²) in [6.07, 6.45) is 5.59. The van der Waals surface area contributed by atoms with Crippen LogP contribution in [-0.2, 0) is 13.0 Å². The Morgan fingerprint density at radius 1 is 1.44 bits per heavy atom. The van der Waals surface area contributed by atoms with Gasteiger partial charge >= 0.3 is 0 Å². The van der Waals surface area contributed by atoms with E-state index >= 15 is 0 Å². The average Bonchev–Trinajstić information content (AvgIpc) is 2.80. The summed E-state index contributed by atoms with van der Waals surface area (Å²) >= 11 is 0. The van der Waals surface area contributed by atoms with Gasteiger partial charge in [0.1, 0.15) is 0 Å². The topological polar surface area (TPSA) is 44.0 Å². The fourth-order valence-corrected chi connectivity index (χ4v) is 3.37. The number of piperidine rings is 1. The van der Waals surface area contributed by atoms with Crippen LogP contribution in [0.2, 0.25) is 0 Å². The van der Waals surface area contributed by atoms with Crippen molar-refractivity contribution in [3.05, 3.63) is 17.7 Å². The van der Waals surface area contributed by atoms with Crippen molar-refractivity contribution in [1.29, 1.82) is 0 Å². The molecule has 0 bridgehead atoms. The third-order valence-electron chi connectivity index (χ3n) is 4.55. The molecule has 0 radical (unpaired) electrons. The molecule has 1 aromatic rings. The van der Waals surface area contributed by atoms with E-state index in [0.29, 0.717) is 6.04 Å². The summed E-state index contributed by atoms with van der Waals surface area (Å²) in [6.45, 7) is 8.12. The lowest BCUT2D eigenvalue weighted by Gasteiger charge is -2.39. The SMILES string of the molecule is CC1CCN(CC2Cc3nc[nH]c3CN2)C(C)C1. The molecule has 1 saturated heterocycles. The molecule has 4 heteroatoms. The molecular weight excluding hydrogens is 224 g/mol. The van der Waals surface area contributed by atoms with Crippen molar-refractivity contribution in [2.45, 2.75) is 51.7 Å². The van der Waals surface area contributed by atoms with Crippen molar-refractivity contribution in [3.63, 3.8) is 0 Å². The Hall–Kier alpha value is -0.870. The van der Waals surface area contributed by atoms with Gasteiger partial charge < -0.3 is 10.3 Å². The molecule has 3 unspecified atom stereocenters. The number of nitrogens with zero attached hydrogens (tertiary/aromatic N) is 2. The van der Waals surface area contributed by atoms with Crippen LogP contribution in [0.4, 0.5) is 0 Å². The van der Waals surface area contributed by atoms with Gasteiger partial charge in [0.25, 0.3) is 0 Å². The molecule has 0 aliphatic carbocycles. The first-order valence-electron chi connectivity index (χ1n) is 7.21. The number of aromatic nitrogens is 2. The van der Waals surface area contributed by atoms with Crippen LogP contribution >= 0.6 is 0 Å². The van der Waals surface area contributed by atoms with Crippen LogP contribution < -0.4 is 5.32 Å². The monoisotopic (exact) mass is 248 g/mol. The first-order valence-corrected chi connectivity index (χ1v) is 7.21. The van der Waals surface area contributed by atoms with Crippen LogP contribution in [0, 0.1) is 5.92 Å². The van der Waals surface area contributed by atoms with Gasteiger partial charge in [-0.05, 0) is 32.2 Å². The van der Waals surface area contributed by atoms with E-state index in [1.807, 2.05) is 6.33 Å². The summed E-state index contributed by atoms with van der Waals surface area (Å²) in [7, 11) is 0. The minimum atomic E-state index is 0.566. The van der Waals surface area contributed by atoms with Crippen LogP contribution in [0.15, 0.2) is 6.33 Å². The number of rotatable bonds is 2. The Morgan fingerprint density at radius 2 is 2.33 bits per heavy atom. The fourth-order valence-electron chi connectivity index (χ4n) is 3.37. The van der Waals surface area contributed by atoms with Gasteiger partial charge in [0.05, 0.1) is 17.7 Å². The minimum absolute atomic E-state index is 0.566. The lowest BCUT2D eigenvalue weighted by Crippen LogP contribution is -2.49. The summed E-state index contributed by atoms with van der Waals surface area (Å²) in [4.78, 5) is 10.3. The maximum atomic E-state index is 4.42. The summed E-state index contributed by atoms with van der Waals surface area (Å²) in [5.41, 5.74) is 2.53. The van der Waals surface area contributed by atoms with Crippen molar-refractivity contribution in [2.75, 3.05) is 13.1 Å². The minimum Gasteiger partial charge on any atom is -0.347 e. The Kier molecular flexibility index (Phi) is 3.39. The number of H-pyrrole nitrogens is 1.